The molecule has 0 aliphatic rings. The number of benzene rings is 2. The number of hydroxylamine groups is 2. The molecule has 0 radical (unpaired) electrons. The van der Waals surface area contributed by atoms with E-state index in [-0.39, 0.29) is 0 Å². The Hall–Kier alpha value is -2.27. The molecule has 0 aromatic heterocycles. The monoisotopic (exact) mass is 289 g/mol. The molecule has 0 saturated carbocycles. The molecule has 0 bridgehead atoms. The zero-order valence-electron chi connectivity index (χ0n) is 12.5. The van der Waals surface area contributed by atoms with Crippen molar-refractivity contribution in [2.45, 2.75) is 13.3 Å². The Balaban J connectivity index is 2.36. The number of amides is 1. The van der Waals surface area contributed by atoms with Crippen LogP contribution in [0.2, 0.25) is 0 Å². The van der Waals surface area contributed by atoms with Gasteiger partial charge < -0.3 is 9.47 Å². The first kappa shape index (κ1) is 15.1. The molecule has 1 amide bonds. The molecule has 0 heterocycles. The van der Waals surface area contributed by atoms with Crippen LogP contribution in [0.3, 0.4) is 0 Å². The van der Waals surface area contributed by atoms with Gasteiger partial charge in [0.15, 0.2) is 0 Å². The summed E-state index contributed by atoms with van der Waals surface area (Å²) in [6.07, 6.45) is 0.355. The molecule has 112 valence electrons. The topological polar surface area (TPSA) is 48.0 Å². The molecule has 0 atom stereocenters. The smallest absolute Gasteiger partial charge is 0.439 e. The second-order valence-electron chi connectivity index (χ2n) is 4.50. The van der Waals surface area contributed by atoms with Crippen LogP contribution in [0.5, 0.6) is 11.5 Å². The highest BCUT2D eigenvalue weighted by atomic mass is 16.7. The van der Waals surface area contributed by atoms with Gasteiger partial charge in [-0.05, 0) is 18.6 Å². The summed E-state index contributed by atoms with van der Waals surface area (Å²) in [5.41, 5.74) is 0. The lowest BCUT2D eigenvalue weighted by Gasteiger charge is -2.15. The summed E-state index contributed by atoms with van der Waals surface area (Å²) in [6, 6.07) is 11.2. The maximum atomic E-state index is 11.8. The van der Waals surface area contributed by atoms with E-state index in [1.54, 1.807) is 6.07 Å². The van der Waals surface area contributed by atoms with Gasteiger partial charge in [-0.3, -0.25) is 4.84 Å². The summed E-state index contributed by atoms with van der Waals surface area (Å²) in [4.78, 5) is 16.6. The Morgan fingerprint density at radius 2 is 1.71 bits per heavy atom. The summed E-state index contributed by atoms with van der Waals surface area (Å²) in [5.74, 6) is 1.26. The summed E-state index contributed by atoms with van der Waals surface area (Å²) in [7, 11) is 2.89. The third kappa shape index (κ3) is 3.44. The maximum absolute atomic E-state index is 11.8. The van der Waals surface area contributed by atoms with Gasteiger partial charge in [0.1, 0.15) is 11.5 Å². The van der Waals surface area contributed by atoms with E-state index in [2.05, 4.69) is 6.92 Å². The lowest BCUT2D eigenvalue weighted by molar-refractivity contribution is -0.0789. The molecule has 5 heteroatoms. The fraction of sp³-hybridized carbons (Fsp3) is 0.312. The summed E-state index contributed by atoms with van der Waals surface area (Å²) in [5, 5.41) is 2.76. The van der Waals surface area contributed by atoms with Crippen molar-refractivity contribution in [3.05, 3.63) is 36.4 Å². The Morgan fingerprint density at radius 3 is 2.33 bits per heavy atom. The van der Waals surface area contributed by atoms with Crippen molar-refractivity contribution in [2.24, 2.45) is 0 Å². The Morgan fingerprint density at radius 1 is 1.10 bits per heavy atom. The zero-order chi connectivity index (χ0) is 15.2. The van der Waals surface area contributed by atoms with Crippen LogP contribution in [0.4, 0.5) is 4.79 Å². The normalized spacial score (nSPS) is 10.4. The van der Waals surface area contributed by atoms with Gasteiger partial charge in [0.05, 0.1) is 13.7 Å². The van der Waals surface area contributed by atoms with Crippen LogP contribution in [0.15, 0.2) is 36.4 Å². The molecule has 0 N–H and O–H groups in total. The molecule has 21 heavy (non-hydrogen) atoms. The molecule has 0 aliphatic heterocycles. The van der Waals surface area contributed by atoms with E-state index in [4.69, 9.17) is 14.3 Å². The lowest BCUT2D eigenvalue weighted by Crippen LogP contribution is -2.28. The van der Waals surface area contributed by atoms with Crippen molar-refractivity contribution in [1.29, 1.82) is 0 Å². The average molecular weight is 289 g/mol. The Kier molecular flexibility index (Phi) is 5.00. The van der Waals surface area contributed by atoms with Gasteiger partial charge in [-0.2, -0.15) is 5.06 Å². The number of ether oxygens (including phenoxy) is 2. The minimum atomic E-state index is -0.579. The van der Waals surface area contributed by atoms with Crippen LogP contribution < -0.4 is 9.47 Å². The summed E-state index contributed by atoms with van der Waals surface area (Å²) < 4.78 is 11.1. The van der Waals surface area contributed by atoms with E-state index in [0.717, 1.165) is 28.0 Å². The van der Waals surface area contributed by atoms with E-state index in [1.165, 1.54) is 14.2 Å². The van der Waals surface area contributed by atoms with E-state index >= 15 is 0 Å². The molecule has 0 fully saturated rings. The molecule has 0 unspecified atom stereocenters. The summed E-state index contributed by atoms with van der Waals surface area (Å²) in [6.45, 7) is 2.70. The SMILES string of the molecule is CCCOc1ccc(OC(=O)N(C)OC)c2ccccc12. The highest BCUT2D eigenvalue weighted by Crippen LogP contribution is 2.33. The van der Waals surface area contributed by atoms with E-state index in [9.17, 15) is 4.79 Å². The molecule has 0 aliphatic carbocycles. The predicted octanol–water partition coefficient (Wildman–Crippen LogP) is 3.62. The van der Waals surface area contributed by atoms with Gasteiger partial charge in [-0.1, -0.05) is 31.2 Å². The zero-order valence-corrected chi connectivity index (χ0v) is 12.5. The maximum Gasteiger partial charge on any atom is 0.439 e. The minimum absolute atomic E-state index is 0.475. The number of nitrogens with zero attached hydrogens (tertiary/aromatic N) is 1. The number of carbonyl (C=O) groups excluding carboxylic acids is 1. The van der Waals surface area contributed by atoms with Crippen LogP contribution in [-0.2, 0) is 4.84 Å². The quantitative estimate of drug-likeness (QED) is 0.789. The highest BCUT2D eigenvalue weighted by molar-refractivity contribution is 5.94. The van der Waals surface area contributed by atoms with Crippen LogP contribution in [0.25, 0.3) is 10.8 Å². The first-order chi connectivity index (χ1) is 10.2. The lowest BCUT2D eigenvalue weighted by atomic mass is 10.1. The second-order valence-corrected chi connectivity index (χ2v) is 4.50. The fourth-order valence-electron chi connectivity index (χ4n) is 1.90. The molecular formula is C16H19NO4. The highest BCUT2D eigenvalue weighted by Gasteiger charge is 2.14. The van der Waals surface area contributed by atoms with Crippen LogP contribution >= 0.6 is 0 Å². The number of fused-ring (bicyclic) bond motifs is 1. The third-order valence-corrected chi connectivity index (χ3v) is 3.03. The van der Waals surface area contributed by atoms with Gasteiger partial charge >= 0.3 is 6.09 Å². The van der Waals surface area contributed by atoms with E-state index < -0.39 is 6.09 Å². The van der Waals surface area contributed by atoms with Crippen molar-refractivity contribution in [3.63, 3.8) is 0 Å². The third-order valence-electron chi connectivity index (χ3n) is 3.03. The number of rotatable bonds is 5. The average Bonchev–Trinajstić information content (AvgIpc) is 2.53. The summed E-state index contributed by atoms with van der Waals surface area (Å²) >= 11 is 0. The fourth-order valence-corrected chi connectivity index (χ4v) is 1.90. The molecule has 2 aromatic rings. The molecule has 0 spiro atoms. The van der Waals surface area contributed by atoms with Crippen molar-refractivity contribution < 1.29 is 19.1 Å². The number of carbonyl (C=O) groups is 1. The van der Waals surface area contributed by atoms with Crippen molar-refractivity contribution in [1.82, 2.24) is 5.06 Å². The second kappa shape index (κ2) is 6.95. The van der Waals surface area contributed by atoms with E-state index in [1.807, 2.05) is 30.3 Å². The standard InChI is InChI=1S/C16H19NO4/c1-4-11-20-14-9-10-15(21-16(18)17(2)19-3)13-8-6-5-7-12(13)14/h5-10H,4,11H2,1-3H3. The molecule has 2 rings (SSSR count). The molecule has 5 nitrogen and oxygen atoms in total. The van der Waals surface area contributed by atoms with Gasteiger partial charge in [-0.25, -0.2) is 4.79 Å². The number of hydrogen-bond donors (Lipinski definition) is 0. The van der Waals surface area contributed by atoms with Crippen molar-refractivity contribution in [2.75, 3.05) is 20.8 Å². The first-order valence-corrected chi connectivity index (χ1v) is 6.81. The predicted molar refractivity (Wildman–Crippen MR) is 80.5 cm³/mol. The van der Waals surface area contributed by atoms with Crippen molar-refractivity contribution in [3.8, 4) is 11.5 Å². The first-order valence-electron chi connectivity index (χ1n) is 6.81. The molecule has 2 aromatic carbocycles. The van der Waals surface area contributed by atoms with Crippen molar-refractivity contribution >= 4 is 16.9 Å². The Labute approximate surface area is 124 Å². The van der Waals surface area contributed by atoms with Crippen LogP contribution in [0, 0.1) is 0 Å². The Bertz CT molecular complexity index is 627. The van der Waals surface area contributed by atoms with Gasteiger partial charge in [0, 0.05) is 17.8 Å². The van der Waals surface area contributed by atoms with Gasteiger partial charge in [0.25, 0.3) is 0 Å². The molecule has 0 saturated heterocycles. The van der Waals surface area contributed by atoms with E-state index in [0.29, 0.717) is 12.4 Å². The largest absolute Gasteiger partial charge is 0.493 e. The van der Waals surface area contributed by atoms with Crippen LogP contribution in [-0.4, -0.2) is 31.9 Å². The number of hydrogen-bond acceptors (Lipinski definition) is 4. The van der Waals surface area contributed by atoms with Crippen LogP contribution in [0.1, 0.15) is 13.3 Å². The van der Waals surface area contributed by atoms with Gasteiger partial charge in [-0.15, -0.1) is 0 Å². The van der Waals surface area contributed by atoms with Gasteiger partial charge in [0.2, 0.25) is 0 Å². The molecular weight excluding hydrogens is 270 g/mol. The minimum Gasteiger partial charge on any atom is -0.493 e.